The van der Waals surface area contributed by atoms with E-state index in [4.69, 9.17) is 4.99 Å². The number of para-hydroxylation sites is 1. The van der Waals surface area contributed by atoms with Crippen molar-refractivity contribution >= 4 is 23.1 Å². The van der Waals surface area contributed by atoms with Crippen LogP contribution < -0.4 is 14.9 Å². The van der Waals surface area contributed by atoms with Gasteiger partial charge in [0, 0.05) is 11.1 Å². The number of phenols is 1. The highest BCUT2D eigenvalue weighted by Crippen LogP contribution is 2.41. The van der Waals surface area contributed by atoms with Crippen molar-refractivity contribution in [3.8, 4) is 5.75 Å². The summed E-state index contributed by atoms with van der Waals surface area (Å²) in [5.74, 6) is 0.605. The summed E-state index contributed by atoms with van der Waals surface area (Å²) in [6.07, 6.45) is 3.58. The standard InChI is InChI=1S/C30H26N2O2S/c1-18(2)19-11-13-21(14-12-19)28-24-16-15-20-7-3-5-9-23(20)27(24)31-30-32(28)29(34)26(35-30)17-22-8-4-6-10-25(22)33/h3-14,17-18,28,33H,15-16H2,1-2H3. The lowest BCUT2D eigenvalue weighted by Crippen LogP contribution is -2.38. The lowest BCUT2D eigenvalue weighted by molar-refractivity contribution is 0.474. The number of thiazole rings is 1. The number of hydrogen-bond donors (Lipinski definition) is 1. The minimum absolute atomic E-state index is 0.0691. The monoisotopic (exact) mass is 478 g/mol. The number of fused-ring (bicyclic) bond motifs is 3. The zero-order valence-electron chi connectivity index (χ0n) is 19.7. The van der Waals surface area contributed by atoms with Gasteiger partial charge in [0.05, 0.1) is 16.3 Å². The van der Waals surface area contributed by atoms with Crippen molar-refractivity contribution in [2.75, 3.05) is 0 Å². The zero-order chi connectivity index (χ0) is 24.1. The Labute approximate surface area is 207 Å². The van der Waals surface area contributed by atoms with Crippen LogP contribution in [0.2, 0.25) is 0 Å². The van der Waals surface area contributed by atoms with E-state index in [1.165, 1.54) is 28.0 Å². The second-order valence-electron chi connectivity index (χ2n) is 9.49. The number of aryl methyl sites for hydroxylation is 1. The first-order chi connectivity index (χ1) is 17.0. The largest absolute Gasteiger partial charge is 0.507 e. The number of aromatic hydroxyl groups is 1. The Morgan fingerprint density at radius 2 is 1.74 bits per heavy atom. The summed E-state index contributed by atoms with van der Waals surface area (Å²) in [6, 6.07) is 24.0. The van der Waals surface area contributed by atoms with E-state index in [2.05, 4.69) is 62.4 Å². The van der Waals surface area contributed by atoms with Gasteiger partial charge in [0.2, 0.25) is 0 Å². The predicted molar refractivity (Wildman–Crippen MR) is 141 cm³/mol. The number of nitrogens with zero attached hydrogens (tertiary/aromatic N) is 2. The van der Waals surface area contributed by atoms with Crippen molar-refractivity contribution in [1.82, 2.24) is 4.57 Å². The molecule has 0 radical (unpaired) electrons. The number of allylic oxidation sites excluding steroid dienone is 1. The molecule has 1 unspecified atom stereocenters. The molecule has 1 N–H and O–H groups in total. The summed E-state index contributed by atoms with van der Waals surface area (Å²) in [4.78, 5) is 19.5. The first-order valence-corrected chi connectivity index (χ1v) is 12.8. The molecule has 4 nitrogen and oxygen atoms in total. The maximum absolute atomic E-state index is 13.8. The summed E-state index contributed by atoms with van der Waals surface area (Å²) in [5.41, 5.74) is 7.61. The number of aromatic nitrogens is 1. The van der Waals surface area contributed by atoms with Gasteiger partial charge in [0.25, 0.3) is 5.56 Å². The van der Waals surface area contributed by atoms with Gasteiger partial charge in [0.1, 0.15) is 5.75 Å². The van der Waals surface area contributed by atoms with E-state index in [1.54, 1.807) is 18.2 Å². The van der Waals surface area contributed by atoms with E-state index in [-0.39, 0.29) is 17.4 Å². The van der Waals surface area contributed by atoms with Gasteiger partial charge in [-0.05, 0) is 53.2 Å². The van der Waals surface area contributed by atoms with E-state index in [1.807, 2.05) is 16.7 Å². The van der Waals surface area contributed by atoms with Gasteiger partial charge in [-0.2, -0.15) is 0 Å². The van der Waals surface area contributed by atoms with Crippen LogP contribution in [0.4, 0.5) is 0 Å². The van der Waals surface area contributed by atoms with Gasteiger partial charge in [0.15, 0.2) is 4.80 Å². The molecular formula is C30H26N2O2S. The van der Waals surface area contributed by atoms with Crippen LogP contribution in [-0.4, -0.2) is 9.67 Å². The fourth-order valence-electron chi connectivity index (χ4n) is 5.14. The van der Waals surface area contributed by atoms with E-state index < -0.39 is 0 Å². The highest BCUT2D eigenvalue weighted by Gasteiger charge is 2.32. The van der Waals surface area contributed by atoms with Crippen molar-refractivity contribution < 1.29 is 5.11 Å². The molecule has 2 heterocycles. The van der Waals surface area contributed by atoms with Crippen molar-refractivity contribution in [3.05, 3.63) is 126 Å². The molecule has 1 aliphatic heterocycles. The molecule has 1 aromatic heterocycles. The summed E-state index contributed by atoms with van der Waals surface area (Å²) >= 11 is 1.39. The topological polar surface area (TPSA) is 54.6 Å². The van der Waals surface area contributed by atoms with Gasteiger partial charge in [-0.1, -0.05) is 91.9 Å². The molecule has 1 aliphatic carbocycles. The van der Waals surface area contributed by atoms with Gasteiger partial charge in [-0.3, -0.25) is 9.36 Å². The lowest BCUT2D eigenvalue weighted by atomic mass is 9.83. The van der Waals surface area contributed by atoms with Crippen LogP contribution in [0.5, 0.6) is 5.75 Å². The van der Waals surface area contributed by atoms with E-state index >= 15 is 0 Å². The Morgan fingerprint density at radius 3 is 2.51 bits per heavy atom. The zero-order valence-corrected chi connectivity index (χ0v) is 20.5. The Bertz CT molecular complexity index is 1660. The maximum atomic E-state index is 13.8. The minimum atomic E-state index is -0.192. The molecule has 0 saturated carbocycles. The molecular weight excluding hydrogens is 452 g/mol. The Morgan fingerprint density at radius 1 is 1.00 bits per heavy atom. The fraction of sp³-hybridized carbons (Fsp3) is 0.200. The molecule has 0 amide bonds. The van der Waals surface area contributed by atoms with Crippen LogP contribution in [0.25, 0.3) is 11.8 Å². The molecule has 4 aromatic rings. The average Bonchev–Trinajstić information content (AvgIpc) is 3.18. The Hall–Kier alpha value is -3.70. The predicted octanol–water partition coefficient (Wildman–Crippen LogP) is 5.15. The summed E-state index contributed by atoms with van der Waals surface area (Å²) in [6.45, 7) is 4.38. The molecule has 2 aliphatic rings. The number of benzene rings is 3. The molecule has 3 aromatic carbocycles. The molecule has 6 rings (SSSR count). The summed E-state index contributed by atoms with van der Waals surface area (Å²) < 4.78 is 2.43. The van der Waals surface area contributed by atoms with Crippen LogP contribution in [0, 0.1) is 0 Å². The molecule has 1 atom stereocenters. The van der Waals surface area contributed by atoms with Crippen LogP contribution in [0.3, 0.4) is 0 Å². The van der Waals surface area contributed by atoms with Crippen molar-refractivity contribution in [1.29, 1.82) is 0 Å². The Balaban J connectivity index is 1.61. The van der Waals surface area contributed by atoms with Crippen molar-refractivity contribution in [2.45, 2.75) is 38.6 Å². The molecule has 0 bridgehead atoms. The number of hydrogen-bond acceptors (Lipinski definition) is 4. The normalized spacial score (nSPS) is 17.1. The van der Waals surface area contributed by atoms with Gasteiger partial charge >= 0.3 is 0 Å². The lowest BCUT2D eigenvalue weighted by Gasteiger charge is -2.31. The smallest absolute Gasteiger partial charge is 0.271 e. The van der Waals surface area contributed by atoms with E-state index in [0.717, 1.165) is 29.7 Å². The SMILES string of the molecule is CC(C)c1ccc(C2C3=C(N=c4sc(=Cc5ccccc5O)c(=O)n42)c2ccccc2CC3)cc1. The van der Waals surface area contributed by atoms with Crippen LogP contribution >= 0.6 is 11.3 Å². The first kappa shape index (κ1) is 21.8. The molecule has 174 valence electrons. The second kappa shape index (κ2) is 8.51. The van der Waals surface area contributed by atoms with E-state index in [9.17, 15) is 9.90 Å². The first-order valence-electron chi connectivity index (χ1n) is 12.0. The van der Waals surface area contributed by atoms with Crippen LogP contribution in [-0.2, 0) is 6.42 Å². The highest BCUT2D eigenvalue weighted by molar-refractivity contribution is 7.07. The molecule has 0 fully saturated rings. The third-order valence-electron chi connectivity index (χ3n) is 7.02. The average molecular weight is 479 g/mol. The Kier molecular flexibility index (Phi) is 5.30. The fourth-order valence-corrected chi connectivity index (χ4v) is 6.13. The van der Waals surface area contributed by atoms with Crippen LogP contribution in [0.15, 0.2) is 88.2 Å². The molecule has 0 saturated heterocycles. The molecule has 35 heavy (non-hydrogen) atoms. The highest BCUT2D eigenvalue weighted by atomic mass is 32.1. The van der Waals surface area contributed by atoms with Gasteiger partial charge in [-0.25, -0.2) is 4.99 Å². The number of rotatable bonds is 3. The van der Waals surface area contributed by atoms with Crippen molar-refractivity contribution in [2.24, 2.45) is 4.99 Å². The molecule has 0 spiro atoms. The van der Waals surface area contributed by atoms with Crippen LogP contribution in [0.1, 0.15) is 60.0 Å². The maximum Gasteiger partial charge on any atom is 0.271 e. The van der Waals surface area contributed by atoms with Gasteiger partial charge < -0.3 is 5.11 Å². The van der Waals surface area contributed by atoms with E-state index in [0.29, 0.717) is 20.8 Å². The quantitative estimate of drug-likeness (QED) is 0.443. The number of phenolic OH excluding ortho intramolecular Hbond substituents is 1. The third kappa shape index (κ3) is 3.67. The molecule has 5 heteroatoms. The summed E-state index contributed by atoms with van der Waals surface area (Å²) in [5, 5.41) is 10.3. The van der Waals surface area contributed by atoms with Gasteiger partial charge in [-0.15, -0.1) is 0 Å². The second-order valence-corrected chi connectivity index (χ2v) is 10.5. The summed E-state index contributed by atoms with van der Waals surface area (Å²) in [7, 11) is 0. The van der Waals surface area contributed by atoms with Crippen molar-refractivity contribution in [3.63, 3.8) is 0 Å². The minimum Gasteiger partial charge on any atom is -0.507 e. The third-order valence-corrected chi connectivity index (χ3v) is 8.00.